The minimum atomic E-state index is -0.410. The Kier molecular flexibility index (Phi) is 5.25. The van der Waals surface area contributed by atoms with Gasteiger partial charge in [-0.2, -0.15) is 0 Å². The third-order valence-corrected chi connectivity index (χ3v) is 4.34. The van der Waals surface area contributed by atoms with Crippen molar-refractivity contribution < 1.29 is 5.11 Å². The summed E-state index contributed by atoms with van der Waals surface area (Å²) in [6.07, 6.45) is 0.819. The third-order valence-electron chi connectivity index (χ3n) is 3.71. The zero-order valence-electron chi connectivity index (χ0n) is 11.8. The minimum Gasteiger partial charge on any atom is -0.389 e. The van der Waals surface area contributed by atoms with Crippen molar-refractivity contribution in [1.29, 1.82) is 0 Å². The molecule has 0 amide bonds. The van der Waals surface area contributed by atoms with E-state index in [1.54, 1.807) is 6.92 Å². The van der Waals surface area contributed by atoms with Crippen molar-refractivity contribution in [2.75, 3.05) is 37.6 Å². The van der Waals surface area contributed by atoms with Gasteiger partial charge in [0.15, 0.2) is 0 Å². The number of hydrogen-bond donors (Lipinski definition) is 1. The van der Waals surface area contributed by atoms with Crippen molar-refractivity contribution in [3.63, 3.8) is 0 Å². The van der Waals surface area contributed by atoms with E-state index >= 15 is 0 Å². The number of aliphatic hydroxyl groups is 1. The molecule has 0 radical (unpaired) electrons. The number of rotatable bonds is 4. The molecule has 1 aliphatic heterocycles. The van der Waals surface area contributed by atoms with Gasteiger partial charge in [-0.15, -0.1) is 0 Å². The molecule has 1 aromatic rings. The number of halogens is 1. The van der Waals surface area contributed by atoms with Gasteiger partial charge >= 0.3 is 0 Å². The van der Waals surface area contributed by atoms with Crippen LogP contribution in [0.3, 0.4) is 0 Å². The molecular formula is C15H23BrN2O. The summed E-state index contributed by atoms with van der Waals surface area (Å²) in [7, 11) is 0. The summed E-state index contributed by atoms with van der Waals surface area (Å²) in [4.78, 5) is 4.94. The van der Waals surface area contributed by atoms with Crippen molar-refractivity contribution in [1.82, 2.24) is 4.90 Å². The fraction of sp³-hybridized carbons (Fsp3) is 0.600. The highest BCUT2D eigenvalue weighted by Crippen LogP contribution is 2.30. The van der Waals surface area contributed by atoms with Crippen LogP contribution in [0.1, 0.15) is 31.9 Å². The van der Waals surface area contributed by atoms with Crippen LogP contribution in [0.25, 0.3) is 0 Å². The van der Waals surface area contributed by atoms with Gasteiger partial charge in [-0.1, -0.05) is 13.0 Å². The summed E-state index contributed by atoms with van der Waals surface area (Å²) in [5, 5.41) is 9.60. The lowest BCUT2D eigenvalue weighted by atomic mass is 10.1. The third kappa shape index (κ3) is 3.71. The fourth-order valence-electron chi connectivity index (χ4n) is 2.57. The lowest BCUT2D eigenvalue weighted by Gasteiger charge is -2.36. The maximum Gasteiger partial charge on any atom is 0.0762 e. The zero-order valence-corrected chi connectivity index (χ0v) is 13.4. The second-order valence-corrected chi connectivity index (χ2v) is 6.07. The van der Waals surface area contributed by atoms with E-state index < -0.39 is 6.10 Å². The molecule has 1 fully saturated rings. The van der Waals surface area contributed by atoms with Crippen LogP contribution in [0.2, 0.25) is 0 Å². The molecule has 0 spiro atoms. The zero-order chi connectivity index (χ0) is 13.8. The molecule has 0 saturated carbocycles. The van der Waals surface area contributed by atoms with Crippen LogP contribution in [0.15, 0.2) is 22.7 Å². The maximum atomic E-state index is 9.60. The van der Waals surface area contributed by atoms with E-state index in [2.05, 4.69) is 38.7 Å². The second-order valence-electron chi connectivity index (χ2n) is 5.22. The van der Waals surface area contributed by atoms with Crippen LogP contribution in [0, 0.1) is 0 Å². The molecule has 19 heavy (non-hydrogen) atoms. The topological polar surface area (TPSA) is 26.7 Å². The molecule has 1 heterocycles. The Morgan fingerprint density at radius 1 is 1.26 bits per heavy atom. The van der Waals surface area contributed by atoms with Gasteiger partial charge in [0.2, 0.25) is 0 Å². The van der Waals surface area contributed by atoms with Crippen LogP contribution >= 0.6 is 15.9 Å². The Balaban J connectivity index is 2.03. The van der Waals surface area contributed by atoms with Gasteiger partial charge < -0.3 is 10.0 Å². The molecule has 0 aromatic heterocycles. The maximum absolute atomic E-state index is 9.60. The van der Waals surface area contributed by atoms with Crippen molar-refractivity contribution in [2.45, 2.75) is 26.4 Å². The number of hydrogen-bond acceptors (Lipinski definition) is 3. The quantitative estimate of drug-likeness (QED) is 0.921. The van der Waals surface area contributed by atoms with Gasteiger partial charge in [0.1, 0.15) is 0 Å². The standard InChI is InChI=1S/C15H23BrN2O/c1-3-6-17-7-9-18(10-8-17)15-5-4-13(12(2)19)11-14(15)16/h4-5,11-12,19H,3,6-10H2,1-2H3/t12-/m0/s1. The predicted octanol–water partition coefficient (Wildman–Crippen LogP) is 3.03. The number of anilines is 1. The molecule has 106 valence electrons. The van der Waals surface area contributed by atoms with Crippen LogP contribution in [-0.2, 0) is 0 Å². The first kappa shape index (κ1) is 14.8. The van der Waals surface area contributed by atoms with E-state index in [-0.39, 0.29) is 0 Å². The van der Waals surface area contributed by atoms with E-state index in [0.29, 0.717) is 0 Å². The van der Waals surface area contributed by atoms with Crippen LogP contribution < -0.4 is 4.90 Å². The molecule has 1 N–H and O–H groups in total. The van der Waals surface area contributed by atoms with Gasteiger partial charge in [-0.3, -0.25) is 4.90 Å². The van der Waals surface area contributed by atoms with Crippen LogP contribution in [0.5, 0.6) is 0 Å². The molecule has 4 heteroatoms. The van der Waals surface area contributed by atoms with E-state index in [1.807, 2.05) is 12.1 Å². The Morgan fingerprint density at radius 3 is 2.47 bits per heavy atom. The van der Waals surface area contributed by atoms with Gasteiger partial charge in [-0.25, -0.2) is 0 Å². The molecule has 0 aliphatic carbocycles. The van der Waals surface area contributed by atoms with Crippen molar-refractivity contribution in [3.8, 4) is 0 Å². The SMILES string of the molecule is CCCN1CCN(c2ccc([C@H](C)O)cc2Br)CC1. The molecule has 1 aliphatic rings. The molecule has 0 unspecified atom stereocenters. The van der Waals surface area contributed by atoms with Crippen molar-refractivity contribution >= 4 is 21.6 Å². The molecular weight excluding hydrogens is 304 g/mol. The summed E-state index contributed by atoms with van der Waals surface area (Å²) in [6, 6.07) is 6.16. The van der Waals surface area contributed by atoms with E-state index in [9.17, 15) is 5.11 Å². The van der Waals surface area contributed by atoms with Crippen LogP contribution in [0.4, 0.5) is 5.69 Å². The van der Waals surface area contributed by atoms with Gasteiger partial charge in [-0.05, 0) is 53.5 Å². The minimum absolute atomic E-state index is 0.410. The van der Waals surface area contributed by atoms with E-state index in [0.717, 1.165) is 36.2 Å². The van der Waals surface area contributed by atoms with E-state index in [4.69, 9.17) is 0 Å². The predicted molar refractivity (Wildman–Crippen MR) is 83.7 cm³/mol. The molecule has 0 bridgehead atoms. The average Bonchev–Trinajstić information content (AvgIpc) is 2.40. The second kappa shape index (κ2) is 6.73. The Bertz CT molecular complexity index is 415. The highest BCUT2D eigenvalue weighted by molar-refractivity contribution is 9.10. The normalized spacial score (nSPS) is 18.6. The smallest absolute Gasteiger partial charge is 0.0762 e. The lowest BCUT2D eigenvalue weighted by molar-refractivity contribution is 0.199. The summed E-state index contributed by atoms with van der Waals surface area (Å²) in [5.41, 5.74) is 2.20. The summed E-state index contributed by atoms with van der Waals surface area (Å²) in [6.45, 7) is 9.66. The summed E-state index contributed by atoms with van der Waals surface area (Å²) < 4.78 is 1.08. The molecule has 1 saturated heterocycles. The lowest BCUT2D eigenvalue weighted by Crippen LogP contribution is -2.46. The number of piperazine rings is 1. The Morgan fingerprint density at radius 2 is 1.95 bits per heavy atom. The number of aliphatic hydroxyl groups excluding tert-OH is 1. The summed E-state index contributed by atoms with van der Waals surface area (Å²) >= 11 is 3.63. The molecule has 1 aromatic carbocycles. The largest absolute Gasteiger partial charge is 0.389 e. The number of benzene rings is 1. The molecule has 3 nitrogen and oxygen atoms in total. The van der Waals surface area contributed by atoms with Gasteiger partial charge in [0, 0.05) is 30.7 Å². The first-order valence-electron chi connectivity index (χ1n) is 7.06. The Labute approximate surface area is 124 Å². The number of nitrogens with zero attached hydrogens (tertiary/aromatic N) is 2. The van der Waals surface area contributed by atoms with Crippen LogP contribution in [-0.4, -0.2) is 42.7 Å². The molecule has 1 atom stereocenters. The first-order valence-corrected chi connectivity index (χ1v) is 7.86. The van der Waals surface area contributed by atoms with Gasteiger partial charge in [0.05, 0.1) is 11.8 Å². The average molecular weight is 327 g/mol. The highest BCUT2D eigenvalue weighted by Gasteiger charge is 2.18. The molecule has 2 rings (SSSR count). The van der Waals surface area contributed by atoms with Gasteiger partial charge in [0.25, 0.3) is 0 Å². The fourth-order valence-corrected chi connectivity index (χ4v) is 3.22. The van der Waals surface area contributed by atoms with Crippen molar-refractivity contribution in [3.05, 3.63) is 28.2 Å². The highest BCUT2D eigenvalue weighted by atomic mass is 79.9. The van der Waals surface area contributed by atoms with E-state index in [1.165, 1.54) is 18.7 Å². The monoisotopic (exact) mass is 326 g/mol. The Hall–Kier alpha value is -0.580. The van der Waals surface area contributed by atoms with Crippen molar-refractivity contribution in [2.24, 2.45) is 0 Å². The summed E-state index contributed by atoms with van der Waals surface area (Å²) in [5.74, 6) is 0. The first-order chi connectivity index (χ1) is 9.11.